The third-order valence-corrected chi connectivity index (χ3v) is 4.41. The van der Waals surface area contributed by atoms with Gasteiger partial charge in [0.15, 0.2) is 5.96 Å². The molecule has 0 atom stereocenters. The fourth-order valence-corrected chi connectivity index (χ4v) is 2.97. The molecule has 0 aliphatic carbocycles. The normalized spacial score (nSPS) is 11.8. The number of aryl methyl sites for hydroxylation is 3. The van der Waals surface area contributed by atoms with E-state index in [1.54, 1.807) is 7.11 Å². The fraction of sp³-hybridized carbons (Fsp3) is 0.250. The first kappa shape index (κ1) is 16.9. The van der Waals surface area contributed by atoms with Crippen molar-refractivity contribution in [3.8, 4) is 5.75 Å². The van der Waals surface area contributed by atoms with Crippen molar-refractivity contribution in [1.82, 2.24) is 4.98 Å². The molecule has 0 aliphatic rings. The molecule has 0 saturated carbocycles. The van der Waals surface area contributed by atoms with E-state index in [1.807, 2.05) is 24.3 Å². The lowest BCUT2D eigenvalue weighted by Gasteiger charge is -2.08. The summed E-state index contributed by atoms with van der Waals surface area (Å²) < 4.78 is 5.22. The third-order valence-electron chi connectivity index (χ3n) is 4.41. The number of aromatic amines is 1. The number of guanidine groups is 1. The summed E-state index contributed by atoms with van der Waals surface area (Å²) in [5.74, 6) is 1.15. The highest BCUT2D eigenvalue weighted by Gasteiger charge is 2.09. The van der Waals surface area contributed by atoms with Crippen LogP contribution in [0.5, 0.6) is 5.75 Å². The van der Waals surface area contributed by atoms with E-state index in [0.717, 1.165) is 22.5 Å². The van der Waals surface area contributed by atoms with E-state index in [4.69, 9.17) is 10.5 Å². The minimum atomic E-state index is 0.378. The molecule has 4 N–H and O–H groups in total. The van der Waals surface area contributed by atoms with Gasteiger partial charge in [-0.2, -0.15) is 0 Å². The molecule has 5 nitrogen and oxygen atoms in total. The number of nitrogens with zero attached hydrogens (tertiary/aromatic N) is 1. The maximum absolute atomic E-state index is 6.05. The highest BCUT2D eigenvalue weighted by Crippen LogP contribution is 2.26. The number of rotatable bonds is 4. The molecule has 0 fully saturated rings. The maximum atomic E-state index is 6.05. The van der Waals surface area contributed by atoms with Crippen molar-refractivity contribution in [2.24, 2.45) is 10.7 Å². The molecule has 5 heteroatoms. The van der Waals surface area contributed by atoms with Crippen LogP contribution in [0.2, 0.25) is 0 Å². The van der Waals surface area contributed by atoms with Gasteiger partial charge in [-0.15, -0.1) is 0 Å². The van der Waals surface area contributed by atoms with E-state index >= 15 is 0 Å². The van der Waals surface area contributed by atoms with Crippen molar-refractivity contribution >= 4 is 22.5 Å². The Balaban J connectivity index is 1.83. The van der Waals surface area contributed by atoms with Crippen molar-refractivity contribution in [1.29, 1.82) is 0 Å². The summed E-state index contributed by atoms with van der Waals surface area (Å²) >= 11 is 0. The Hall–Kier alpha value is -2.95. The summed E-state index contributed by atoms with van der Waals surface area (Å²) in [5.41, 5.74) is 12.9. The van der Waals surface area contributed by atoms with Gasteiger partial charge in [-0.25, -0.2) is 4.99 Å². The van der Waals surface area contributed by atoms with Gasteiger partial charge in [0.1, 0.15) is 5.75 Å². The molecule has 1 aromatic heterocycles. The average molecular weight is 336 g/mol. The van der Waals surface area contributed by atoms with Crippen LogP contribution in [0.1, 0.15) is 22.4 Å². The van der Waals surface area contributed by atoms with Gasteiger partial charge >= 0.3 is 0 Å². The molecule has 0 bridgehead atoms. The lowest BCUT2D eigenvalue weighted by atomic mass is 10.0. The summed E-state index contributed by atoms with van der Waals surface area (Å²) in [6.45, 7) is 6.85. The van der Waals surface area contributed by atoms with Crippen LogP contribution in [-0.2, 0) is 6.54 Å². The molecule has 2 aromatic carbocycles. The molecule has 0 amide bonds. The summed E-state index contributed by atoms with van der Waals surface area (Å²) in [6.07, 6.45) is 0. The van der Waals surface area contributed by atoms with E-state index < -0.39 is 0 Å². The molecular formula is C20H24N4O. The van der Waals surface area contributed by atoms with Gasteiger partial charge < -0.3 is 20.8 Å². The number of nitrogens with two attached hydrogens (primary N) is 1. The summed E-state index contributed by atoms with van der Waals surface area (Å²) in [6, 6.07) is 12.0. The molecule has 3 aromatic rings. The van der Waals surface area contributed by atoms with Crippen LogP contribution in [0, 0.1) is 20.8 Å². The van der Waals surface area contributed by atoms with Crippen LogP contribution >= 0.6 is 0 Å². The second kappa shape index (κ2) is 6.89. The molecular weight excluding hydrogens is 312 g/mol. The second-order valence-corrected chi connectivity index (χ2v) is 6.28. The fourth-order valence-electron chi connectivity index (χ4n) is 2.97. The van der Waals surface area contributed by atoms with Gasteiger partial charge in [-0.3, -0.25) is 0 Å². The Labute approximate surface area is 147 Å². The van der Waals surface area contributed by atoms with Crippen LogP contribution in [0.4, 0.5) is 5.69 Å². The highest BCUT2D eigenvalue weighted by molar-refractivity contribution is 5.93. The van der Waals surface area contributed by atoms with Gasteiger partial charge in [0, 0.05) is 22.8 Å². The van der Waals surface area contributed by atoms with Crippen LogP contribution in [0.25, 0.3) is 10.9 Å². The largest absolute Gasteiger partial charge is 0.497 e. The van der Waals surface area contributed by atoms with Crippen molar-refractivity contribution < 1.29 is 4.74 Å². The van der Waals surface area contributed by atoms with E-state index in [0.29, 0.717) is 12.5 Å². The minimum Gasteiger partial charge on any atom is -0.497 e. The Bertz CT molecular complexity index is 940. The second-order valence-electron chi connectivity index (χ2n) is 6.28. The summed E-state index contributed by atoms with van der Waals surface area (Å²) in [4.78, 5) is 7.96. The van der Waals surface area contributed by atoms with E-state index in [1.165, 1.54) is 22.2 Å². The Morgan fingerprint density at radius 3 is 2.76 bits per heavy atom. The standard InChI is InChI=1S/C20H24N4O/c1-12-8-15(19-18(9-12)13(2)14(3)23-19)11-22-20(21)24-16-6-5-7-17(10-16)25-4/h5-10,23H,11H2,1-4H3,(H3,21,22,24). The number of ether oxygens (including phenoxy) is 1. The first-order valence-electron chi connectivity index (χ1n) is 8.27. The first-order valence-corrected chi connectivity index (χ1v) is 8.27. The monoisotopic (exact) mass is 336 g/mol. The summed E-state index contributed by atoms with van der Waals surface area (Å²) in [5, 5.41) is 4.36. The van der Waals surface area contributed by atoms with Crippen molar-refractivity contribution in [3.63, 3.8) is 0 Å². The number of benzene rings is 2. The Morgan fingerprint density at radius 2 is 2.00 bits per heavy atom. The Morgan fingerprint density at radius 1 is 1.20 bits per heavy atom. The number of aliphatic imine (C=N–C) groups is 1. The molecule has 25 heavy (non-hydrogen) atoms. The van der Waals surface area contributed by atoms with Crippen LogP contribution in [-0.4, -0.2) is 18.1 Å². The van der Waals surface area contributed by atoms with Gasteiger partial charge in [0.2, 0.25) is 0 Å². The molecule has 0 saturated heterocycles. The number of nitrogens with one attached hydrogen (secondary N) is 2. The molecule has 3 rings (SSSR count). The van der Waals surface area contributed by atoms with E-state index in [-0.39, 0.29) is 0 Å². The van der Waals surface area contributed by atoms with Crippen LogP contribution in [0.15, 0.2) is 41.4 Å². The van der Waals surface area contributed by atoms with Crippen molar-refractivity contribution in [3.05, 3.63) is 58.8 Å². The van der Waals surface area contributed by atoms with Gasteiger partial charge in [0.25, 0.3) is 0 Å². The summed E-state index contributed by atoms with van der Waals surface area (Å²) in [7, 11) is 1.64. The van der Waals surface area contributed by atoms with Crippen molar-refractivity contribution in [2.75, 3.05) is 12.4 Å². The number of anilines is 1. The first-order chi connectivity index (χ1) is 12.0. The maximum Gasteiger partial charge on any atom is 0.193 e. The zero-order valence-corrected chi connectivity index (χ0v) is 15.1. The predicted molar refractivity (Wildman–Crippen MR) is 104 cm³/mol. The number of methoxy groups -OCH3 is 1. The third kappa shape index (κ3) is 3.60. The minimum absolute atomic E-state index is 0.378. The van der Waals surface area contributed by atoms with E-state index in [9.17, 15) is 0 Å². The smallest absolute Gasteiger partial charge is 0.193 e. The SMILES string of the molecule is COc1cccc(NC(N)=NCc2cc(C)cc3c(C)c(C)[nH]c23)c1. The molecule has 0 spiro atoms. The van der Waals surface area contributed by atoms with Crippen LogP contribution < -0.4 is 15.8 Å². The topological polar surface area (TPSA) is 75.4 Å². The van der Waals surface area contributed by atoms with Gasteiger partial charge in [0.05, 0.1) is 19.2 Å². The van der Waals surface area contributed by atoms with E-state index in [2.05, 4.69) is 48.2 Å². The predicted octanol–water partition coefficient (Wildman–Crippen LogP) is 4.03. The van der Waals surface area contributed by atoms with Crippen LogP contribution in [0.3, 0.4) is 0 Å². The van der Waals surface area contributed by atoms with Gasteiger partial charge in [-0.05, 0) is 50.1 Å². The number of aromatic nitrogens is 1. The molecule has 130 valence electrons. The number of H-pyrrole nitrogens is 1. The molecule has 0 aliphatic heterocycles. The average Bonchev–Trinajstić information content (AvgIpc) is 2.88. The molecule has 0 radical (unpaired) electrons. The number of fused-ring (bicyclic) bond motifs is 1. The highest BCUT2D eigenvalue weighted by atomic mass is 16.5. The zero-order chi connectivity index (χ0) is 18.0. The Kier molecular flexibility index (Phi) is 4.65. The molecule has 1 heterocycles. The quantitative estimate of drug-likeness (QED) is 0.497. The zero-order valence-electron chi connectivity index (χ0n) is 15.1. The lowest BCUT2D eigenvalue weighted by molar-refractivity contribution is 0.415. The van der Waals surface area contributed by atoms with Gasteiger partial charge in [-0.1, -0.05) is 17.7 Å². The molecule has 0 unspecified atom stereocenters. The number of hydrogen-bond donors (Lipinski definition) is 3. The lowest BCUT2D eigenvalue weighted by Crippen LogP contribution is -2.22. The number of hydrogen-bond acceptors (Lipinski definition) is 2. The van der Waals surface area contributed by atoms with Crippen molar-refractivity contribution in [2.45, 2.75) is 27.3 Å².